The van der Waals surface area contributed by atoms with Crippen molar-refractivity contribution < 1.29 is 19.0 Å². The fraction of sp³-hybridized carbons (Fsp3) is 0.400. The number of ether oxygens (including phenoxy) is 3. The second kappa shape index (κ2) is 5.55. The van der Waals surface area contributed by atoms with Crippen molar-refractivity contribution in [3.8, 4) is 0 Å². The van der Waals surface area contributed by atoms with Crippen LogP contribution in [0.25, 0.3) is 0 Å². The molecule has 0 radical (unpaired) electrons. The third-order valence-electron chi connectivity index (χ3n) is 3.32. The molecule has 2 aliphatic rings. The van der Waals surface area contributed by atoms with Gasteiger partial charge in [-0.05, 0) is 6.42 Å². The molecule has 2 fully saturated rings. The molecule has 1 unspecified atom stereocenters. The lowest BCUT2D eigenvalue weighted by molar-refractivity contribution is -0.135. The number of carbonyl (C=O) groups excluding carboxylic acids is 1. The summed E-state index contributed by atoms with van der Waals surface area (Å²) < 4.78 is 16.3. The van der Waals surface area contributed by atoms with Gasteiger partial charge in [-0.25, -0.2) is 4.79 Å². The summed E-state index contributed by atoms with van der Waals surface area (Å²) in [5.41, 5.74) is 1.78. The standard InChI is InChI=1S/C15H16O4/c16-14-11(8-9-17-14)6-7-13-10-18-15(19-13)12-4-2-1-3-5-12/h1-6,13,15H,7-10H2/b11-6+/t13-,15?/m1/s1. The van der Waals surface area contributed by atoms with Gasteiger partial charge in [0, 0.05) is 17.6 Å². The van der Waals surface area contributed by atoms with Crippen molar-refractivity contribution in [3.05, 3.63) is 47.5 Å². The van der Waals surface area contributed by atoms with E-state index >= 15 is 0 Å². The number of hydrogen-bond acceptors (Lipinski definition) is 4. The quantitative estimate of drug-likeness (QED) is 0.618. The molecule has 2 aliphatic heterocycles. The Labute approximate surface area is 112 Å². The van der Waals surface area contributed by atoms with Gasteiger partial charge in [-0.1, -0.05) is 36.4 Å². The van der Waals surface area contributed by atoms with Gasteiger partial charge < -0.3 is 14.2 Å². The van der Waals surface area contributed by atoms with Crippen molar-refractivity contribution >= 4 is 5.97 Å². The van der Waals surface area contributed by atoms with E-state index in [-0.39, 0.29) is 18.4 Å². The Hall–Kier alpha value is -1.65. The molecule has 100 valence electrons. The van der Waals surface area contributed by atoms with Crippen LogP contribution in [0.5, 0.6) is 0 Å². The summed E-state index contributed by atoms with van der Waals surface area (Å²) >= 11 is 0. The molecule has 0 bridgehead atoms. The molecule has 19 heavy (non-hydrogen) atoms. The summed E-state index contributed by atoms with van der Waals surface area (Å²) in [7, 11) is 0. The number of cyclic esters (lactones) is 1. The molecule has 0 amide bonds. The van der Waals surface area contributed by atoms with E-state index in [2.05, 4.69) is 0 Å². The van der Waals surface area contributed by atoms with Gasteiger partial charge in [0.2, 0.25) is 0 Å². The molecular formula is C15H16O4. The fourth-order valence-electron chi connectivity index (χ4n) is 2.26. The van der Waals surface area contributed by atoms with Gasteiger partial charge in [0.15, 0.2) is 6.29 Å². The Bertz CT molecular complexity index is 480. The highest BCUT2D eigenvalue weighted by Gasteiger charge is 2.27. The average Bonchev–Trinajstić information content (AvgIpc) is 3.06. The van der Waals surface area contributed by atoms with Gasteiger partial charge in [0.05, 0.1) is 19.3 Å². The molecular weight excluding hydrogens is 244 g/mol. The minimum Gasteiger partial charge on any atom is -0.462 e. The van der Waals surface area contributed by atoms with Gasteiger partial charge in [0.25, 0.3) is 0 Å². The van der Waals surface area contributed by atoms with E-state index in [1.165, 1.54) is 0 Å². The fourth-order valence-corrected chi connectivity index (χ4v) is 2.26. The van der Waals surface area contributed by atoms with Gasteiger partial charge in [-0.3, -0.25) is 0 Å². The second-order valence-corrected chi connectivity index (χ2v) is 4.69. The third-order valence-corrected chi connectivity index (χ3v) is 3.32. The van der Waals surface area contributed by atoms with Crippen LogP contribution in [0.2, 0.25) is 0 Å². The van der Waals surface area contributed by atoms with Crippen LogP contribution in [-0.2, 0) is 19.0 Å². The summed E-state index contributed by atoms with van der Waals surface area (Å²) in [5, 5.41) is 0. The molecule has 2 atom stereocenters. The van der Waals surface area contributed by atoms with Gasteiger partial charge in [-0.2, -0.15) is 0 Å². The highest BCUT2D eigenvalue weighted by Crippen LogP contribution is 2.28. The van der Waals surface area contributed by atoms with Crippen LogP contribution in [0.3, 0.4) is 0 Å². The van der Waals surface area contributed by atoms with Crippen molar-refractivity contribution in [2.45, 2.75) is 25.2 Å². The molecule has 1 aromatic carbocycles. The first-order chi connectivity index (χ1) is 9.33. The maximum Gasteiger partial charge on any atom is 0.333 e. The topological polar surface area (TPSA) is 44.8 Å². The van der Waals surface area contributed by atoms with Gasteiger partial charge >= 0.3 is 5.97 Å². The first-order valence-corrected chi connectivity index (χ1v) is 6.51. The Kier molecular flexibility index (Phi) is 3.62. The van der Waals surface area contributed by atoms with Crippen molar-refractivity contribution in [1.29, 1.82) is 0 Å². The Morgan fingerprint density at radius 1 is 1.26 bits per heavy atom. The summed E-state index contributed by atoms with van der Waals surface area (Å²) in [6.07, 6.45) is 3.02. The lowest BCUT2D eigenvalue weighted by atomic mass is 10.1. The van der Waals surface area contributed by atoms with Crippen LogP contribution >= 0.6 is 0 Å². The zero-order valence-corrected chi connectivity index (χ0v) is 10.6. The van der Waals surface area contributed by atoms with Gasteiger partial charge in [0.1, 0.15) is 0 Å². The zero-order chi connectivity index (χ0) is 13.1. The molecule has 0 aromatic heterocycles. The lowest BCUT2D eigenvalue weighted by Gasteiger charge is -2.10. The highest BCUT2D eigenvalue weighted by molar-refractivity contribution is 5.90. The average molecular weight is 260 g/mol. The summed E-state index contributed by atoms with van der Waals surface area (Å²) in [6, 6.07) is 9.86. The third kappa shape index (κ3) is 2.85. The monoisotopic (exact) mass is 260 g/mol. The minimum atomic E-state index is -0.292. The molecule has 0 spiro atoms. The normalized spacial score (nSPS) is 28.8. The molecule has 2 saturated heterocycles. The van der Waals surface area contributed by atoms with Crippen LogP contribution in [-0.4, -0.2) is 25.3 Å². The van der Waals surface area contributed by atoms with Crippen LogP contribution in [0.4, 0.5) is 0 Å². The summed E-state index contributed by atoms with van der Waals surface area (Å²) in [4.78, 5) is 11.3. The molecule has 3 rings (SSSR count). The van der Waals surface area contributed by atoms with E-state index in [1.807, 2.05) is 36.4 Å². The van der Waals surface area contributed by atoms with E-state index in [0.29, 0.717) is 26.1 Å². The van der Waals surface area contributed by atoms with Crippen molar-refractivity contribution in [2.24, 2.45) is 0 Å². The molecule has 0 aliphatic carbocycles. The predicted molar refractivity (Wildman–Crippen MR) is 68.3 cm³/mol. The molecule has 4 heteroatoms. The first-order valence-electron chi connectivity index (χ1n) is 6.51. The van der Waals surface area contributed by atoms with E-state index in [1.54, 1.807) is 0 Å². The lowest BCUT2D eigenvalue weighted by Crippen LogP contribution is -2.09. The Balaban J connectivity index is 1.56. The minimum absolute atomic E-state index is 0.00565. The van der Waals surface area contributed by atoms with Crippen molar-refractivity contribution in [2.75, 3.05) is 13.2 Å². The highest BCUT2D eigenvalue weighted by atomic mass is 16.7. The molecule has 0 N–H and O–H groups in total. The van der Waals surface area contributed by atoms with Crippen LogP contribution in [0.15, 0.2) is 42.0 Å². The maximum atomic E-state index is 11.3. The summed E-state index contributed by atoms with van der Waals surface area (Å²) in [5.74, 6) is -0.196. The Morgan fingerprint density at radius 2 is 2.11 bits per heavy atom. The van der Waals surface area contributed by atoms with Crippen LogP contribution < -0.4 is 0 Å². The number of hydrogen-bond donors (Lipinski definition) is 0. The van der Waals surface area contributed by atoms with E-state index in [4.69, 9.17) is 14.2 Å². The smallest absolute Gasteiger partial charge is 0.333 e. The van der Waals surface area contributed by atoms with E-state index in [0.717, 1.165) is 11.1 Å². The molecule has 0 saturated carbocycles. The Morgan fingerprint density at radius 3 is 2.84 bits per heavy atom. The molecule has 2 heterocycles. The van der Waals surface area contributed by atoms with Crippen molar-refractivity contribution in [3.63, 3.8) is 0 Å². The van der Waals surface area contributed by atoms with Crippen LogP contribution in [0.1, 0.15) is 24.7 Å². The summed E-state index contributed by atoms with van der Waals surface area (Å²) in [6.45, 7) is 1.05. The maximum absolute atomic E-state index is 11.3. The van der Waals surface area contributed by atoms with Crippen LogP contribution in [0, 0.1) is 0 Å². The molecule has 1 aromatic rings. The number of rotatable bonds is 3. The SMILES string of the molecule is O=C1OCC/C1=C\C[C@@H]1COC(c2ccccc2)O1. The van der Waals surface area contributed by atoms with E-state index in [9.17, 15) is 4.79 Å². The number of esters is 1. The predicted octanol–water partition coefficient (Wildman–Crippen LogP) is 2.36. The second-order valence-electron chi connectivity index (χ2n) is 4.69. The van der Waals surface area contributed by atoms with E-state index < -0.39 is 0 Å². The van der Waals surface area contributed by atoms with Crippen molar-refractivity contribution in [1.82, 2.24) is 0 Å². The number of benzene rings is 1. The first kappa shape index (κ1) is 12.4. The number of carbonyl (C=O) groups is 1. The van der Waals surface area contributed by atoms with Gasteiger partial charge in [-0.15, -0.1) is 0 Å². The molecule has 4 nitrogen and oxygen atoms in total. The zero-order valence-electron chi connectivity index (χ0n) is 10.6. The largest absolute Gasteiger partial charge is 0.462 e.